The standard InChI is InChI=1S/C18H14O4/c19-17(20)12-13-18(21)22-16-9-5-4-8-15(16)11-10-14-6-2-1-3-7-14/h1-13H,(H,19,20)/b11-10?,13-12+. The molecule has 0 bridgehead atoms. The van der Waals surface area contributed by atoms with Gasteiger partial charge in [0.1, 0.15) is 5.75 Å². The van der Waals surface area contributed by atoms with E-state index in [0.29, 0.717) is 5.75 Å². The average Bonchev–Trinajstić information content (AvgIpc) is 2.53. The molecule has 0 spiro atoms. The number of rotatable bonds is 5. The van der Waals surface area contributed by atoms with Crippen LogP contribution in [0.3, 0.4) is 0 Å². The smallest absolute Gasteiger partial charge is 0.336 e. The van der Waals surface area contributed by atoms with Crippen LogP contribution in [0.1, 0.15) is 11.1 Å². The molecule has 0 unspecified atom stereocenters. The van der Waals surface area contributed by atoms with Gasteiger partial charge in [0.2, 0.25) is 0 Å². The molecule has 0 amide bonds. The Kier molecular flexibility index (Phi) is 5.26. The lowest BCUT2D eigenvalue weighted by Gasteiger charge is -2.05. The van der Waals surface area contributed by atoms with Gasteiger partial charge in [-0.3, -0.25) is 0 Å². The highest BCUT2D eigenvalue weighted by Crippen LogP contribution is 2.21. The normalized spacial score (nSPS) is 10.9. The molecule has 0 aromatic heterocycles. The molecule has 4 heteroatoms. The Balaban J connectivity index is 2.15. The molecule has 0 saturated heterocycles. The van der Waals surface area contributed by atoms with E-state index < -0.39 is 11.9 Å². The van der Waals surface area contributed by atoms with Gasteiger partial charge >= 0.3 is 11.9 Å². The number of carboxylic acid groups (broad SMARTS) is 1. The minimum absolute atomic E-state index is 0.370. The fourth-order valence-electron chi connectivity index (χ4n) is 1.74. The summed E-state index contributed by atoms with van der Waals surface area (Å²) in [6.45, 7) is 0. The van der Waals surface area contributed by atoms with Crippen molar-refractivity contribution in [2.75, 3.05) is 0 Å². The molecule has 0 radical (unpaired) electrons. The van der Waals surface area contributed by atoms with E-state index in [1.54, 1.807) is 12.1 Å². The van der Waals surface area contributed by atoms with Gasteiger partial charge in [-0.25, -0.2) is 9.59 Å². The van der Waals surface area contributed by atoms with Gasteiger partial charge in [0, 0.05) is 17.7 Å². The van der Waals surface area contributed by atoms with Crippen molar-refractivity contribution in [1.82, 2.24) is 0 Å². The van der Waals surface area contributed by atoms with Crippen LogP contribution in [0.4, 0.5) is 0 Å². The third-order valence-electron chi connectivity index (χ3n) is 2.75. The maximum Gasteiger partial charge on any atom is 0.336 e. The van der Waals surface area contributed by atoms with Crippen molar-refractivity contribution in [3.8, 4) is 5.75 Å². The molecule has 22 heavy (non-hydrogen) atoms. The first kappa shape index (κ1) is 15.3. The quantitative estimate of drug-likeness (QED) is 0.397. The van der Waals surface area contributed by atoms with Gasteiger partial charge in [0.15, 0.2) is 0 Å². The van der Waals surface area contributed by atoms with Crippen LogP contribution in [-0.4, -0.2) is 17.0 Å². The number of hydrogen-bond acceptors (Lipinski definition) is 3. The van der Waals surface area contributed by atoms with E-state index in [1.807, 2.05) is 54.6 Å². The summed E-state index contributed by atoms with van der Waals surface area (Å²) >= 11 is 0. The van der Waals surface area contributed by atoms with Gasteiger partial charge in [-0.05, 0) is 11.6 Å². The highest BCUT2D eigenvalue weighted by atomic mass is 16.5. The summed E-state index contributed by atoms with van der Waals surface area (Å²) in [7, 11) is 0. The van der Waals surface area contributed by atoms with Gasteiger partial charge in [-0.1, -0.05) is 60.7 Å². The monoisotopic (exact) mass is 294 g/mol. The van der Waals surface area contributed by atoms with E-state index in [-0.39, 0.29) is 0 Å². The minimum atomic E-state index is -1.20. The molecule has 0 saturated carbocycles. The number of carboxylic acids is 1. The zero-order chi connectivity index (χ0) is 15.8. The molecule has 1 N–H and O–H groups in total. The summed E-state index contributed by atoms with van der Waals surface area (Å²) in [6.07, 6.45) is 5.35. The predicted molar refractivity (Wildman–Crippen MR) is 84.2 cm³/mol. The van der Waals surface area contributed by atoms with Crippen LogP contribution >= 0.6 is 0 Å². The highest BCUT2D eigenvalue weighted by molar-refractivity contribution is 5.92. The maximum absolute atomic E-state index is 11.5. The Hall–Kier alpha value is -3.14. The molecule has 2 rings (SSSR count). The number of hydrogen-bond donors (Lipinski definition) is 1. The van der Waals surface area contributed by atoms with Crippen molar-refractivity contribution in [2.45, 2.75) is 0 Å². The van der Waals surface area contributed by atoms with Crippen molar-refractivity contribution in [3.05, 3.63) is 77.9 Å². The van der Waals surface area contributed by atoms with E-state index in [1.165, 1.54) is 0 Å². The van der Waals surface area contributed by atoms with E-state index in [4.69, 9.17) is 9.84 Å². The van der Waals surface area contributed by atoms with Crippen LogP contribution in [0.5, 0.6) is 5.75 Å². The summed E-state index contributed by atoms with van der Waals surface area (Å²) in [5, 5.41) is 8.49. The van der Waals surface area contributed by atoms with Crippen LogP contribution in [0.15, 0.2) is 66.7 Å². The Bertz CT molecular complexity index is 715. The Morgan fingerprint density at radius 3 is 2.27 bits per heavy atom. The number of carbonyl (C=O) groups is 2. The number of carbonyl (C=O) groups excluding carboxylic acids is 1. The maximum atomic E-state index is 11.5. The molecule has 0 aliphatic heterocycles. The average molecular weight is 294 g/mol. The zero-order valence-corrected chi connectivity index (χ0v) is 11.7. The number of esters is 1. The minimum Gasteiger partial charge on any atom is -0.478 e. The fourth-order valence-corrected chi connectivity index (χ4v) is 1.74. The molecular formula is C18H14O4. The second-order valence-electron chi connectivity index (χ2n) is 4.37. The molecule has 110 valence electrons. The summed E-state index contributed by atoms with van der Waals surface area (Å²) in [5.74, 6) is -1.56. The third-order valence-corrected chi connectivity index (χ3v) is 2.75. The Morgan fingerprint density at radius 1 is 0.864 bits per heavy atom. The number of benzene rings is 2. The topological polar surface area (TPSA) is 63.6 Å². The van der Waals surface area contributed by atoms with Gasteiger partial charge < -0.3 is 9.84 Å². The van der Waals surface area contributed by atoms with Crippen molar-refractivity contribution >= 4 is 24.1 Å². The Morgan fingerprint density at radius 2 is 1.55 bits per heavy atom. The summed E-state index contributed by atoms with van der Waals surface area (Å²) in [4.78, 5) is 21.9. The molecule has 0 aliphatic carbocycles. The molecule has 4 nitrogen and oxygen atoms in total. The lowest BCUT2D eigenvalue weighted by Crippen LogP contribution is -2.05. The predicted octanol–water partition coefficient (Wildman–Crippen LogP) is 3.40. The number of aliphatic carboxylic acids is 1. The first-order valence-corrected chi connectivity index (χ1v) is 6.60. The molecule has 0 atom stereocenters. The lowest BCUT2D eigenvalue weighted by atomic mass is 10.1. The van der Waals surface area contributed by atoms with Gasteiger partial charge in [-0.2, -0.15) is 0 Å². The van der Waals surface area contributed by atoms with Crippen molar-refractivity contribution in [1.29, 1.82) is 0 Å². The van der Waals surface area contributed by atoms with Crippen LogP contribution in [0.25, 0.3) is 12.2 Å². The fraction of sp³-hybridized carbons (Fsp3) is 0. The summed E-state index contributed by atoms with van der Waals surface area (Å²) in [5.41, 5.74) is 1.75. The third kappa shape index (κ3) is 4.76. The molecule has 0 aliphatic rings. The summed E-state index contributed by atoms with van der Waals surface area (Å²) < 4.78 is 5.14. The lowest BCUT2D eigenvalue weighted by molar-refractivity contribution is -0.133. The van der Waals surface area contributed by atoms with Crippen LogP contribution < -0.4 is 4.74 Å². The van der Waals surface area contributed by atoms with E-state index in [2.05, 4.69) is 0 Å². The van der Waals surface area contributed by atoms with Gasteiger partial charge in [-0.15, -0.1) is 0 Å². The van der Waals surface area contributed by atoms with Crippen molar-refractivity contribution in [3.63, 3.8) is 0 Å². The zero-order valence-electron chi connectivity index (χ0n) is 11.7. The van der Waals surface area contributed by atoms with Crippen molar-refractivity contribution in [2.24, 2.45) is 0 Å². The van der Waals surface area contributed by atoms with Crippen molar-refractivity contribution < 1.29 is 19.4 Å². The van der Waals surface area contributed by atoms with E-state index in [9.17, 15) is 9.59 Å². The molecule has 2 aromatic rings. The molecule has 0 fully saturated rings. The largest absolute Gasteiger partial charge is 0.478 e. The van der Waals surface area contributed by atoms with E-state index >= 15 is 0 Å². The number of ether oxygens (including phenoxy) is 1. The first-order chi connectivity index (χ1) is 10.6. The van der Waals surface area contributed by atoms with Gasteiger partial charge in [0.25, 0.3) is 0 Å². The van der Waals surface area contributed by atoms with E-state index in [0.717, 1.165) is 23.3 Å². The molecular weight excluding hydrogens is 280 g/mol. The van der Waals surface area contributed by atoms with Crippen LogP contribution in [0, 0.1) is 0 Å². The molecule has 2 aromatic carbocycles. The highest BCUT2D eigenvalue weighted by Gasteiger charge is 2.05. The van der Waals surface area contributed by atoms with Gasteiger partial charge in [0.05, 0.1) is 0 Å². The first-order valence-electron chi connectivity index (χ1n) is 6.60. The second-order valence-corrected chi connectivity index (χ2v) is 4.37. The van der Waals surface area contributed by atoms with Crippen LogP contribution in [0.2, 0.25) is 0 Å². The Labute approximate surface area is 128 Å². The molecule has 0 heterocycles. The second kappa shape index (κ2) is 7.59. The number of para-hydroxylation sites is 1. The van der Waals surface area contributed by atoms with Crippen LogP contribution in [-0.2, 0) is 9.59 Å². The summed E-state index contributed by atoms with van der Waals surface area (Å²) in [6, 6.07) is 16.7. The SMILES string of the molecule is O=C(O)/C=C/C(=O)Oc1ccccc1C=Cc1ccccc1.